The van der Waals surface area contributed by atoms with Gasteiger partial charge in [0.05, 0.1) is 6.54 Å². The van der Waals surface area contributed by atoms with E-state index in [1.807, 2.05) is 17.5 Å². The highest BCUT2D eigenvalue weighted by Gasteiger charge is 2.44. The molecule has 2 aliphatic heterocycles. The number of aliphatic hydroxyl groups excluding tert-OH is 1. The smallest absolute Gasteiger partial charge is 0.248 e. The van der Waals surface area contributed by atoms with Gasteiger partial charge < -0.3 is 20.2 Å². The molecular weight excluding hydrogens is 306 g/mol. The number of carbonyl (C=O) groups is 3. The van der Waals surface area contributed by atoms with Gasteiger partial charge in [-0.3, -0.25) is 14.4 Å². The van der Waals surface area contributed by atoms with Gasteiger partial charge in [0.15, 0.2) is 0 Å². The number of piperazine rings is 2. The normalized spacial score (nSPS) is 25.0. The Morgan fingerprint density at radius 1 is 1.41 bits per heavy atom. The number of amides is 3. The maximum absolute atomic E-state index is 12.5. The van der Waals surface area contributed by atoms with Crippen LogP contribution >= 0.6 is 11.3 Å². The molecule has 0 spiro atoms. The SMILES string of the molecule is O=C1N[C@@H](Cc2cccs2)C(=O)N2CCN(C(=O)CO)C[C@@H]12. The maximum atomic E-state index is 12.5. The van der Waals surface area contributed by atoms with Gasteiger partial charge in [0, 0.05) is 24.4 Å². The van der Waals surface area contributed by atoms with Crippen LogP contribution in [0.5, 0.6) is 0 Å². The molecular formula is C14H17N3O4S. The minimum atomic E-state index is -0.656. The highest BCUT2D eigenvalue weighted by Crippen LogP contribution is 2.20. The molecule has 8 heteroatoms. The molecule has 0 aromatic carbocycles. The third-order valence-electron chi connectivity index (χ3n) is 4.05. The van der Waals surface area contributed by atoms with Gasteiger partial charge in [-0.15, -0.1) is 11.3 Å². The lowest BCUT2D eigenvalue weighted by Crippen LogP contribution is -2.70. The molecule has 2 aliphatic rings. The van der Waals surface area contributed by atoms with E-state index in [4.69, 9.17) is 5.11 Å². The molecule has 3 rings (SSSR count). The summed E-state index contributed by atoms with van der Waals surface area (Å²) < 4.78 is 0. The monoisotopic (exact) mass is 323 g/mol. The Bertz CT molecular complexity index is 589. The van der Waals surface area contributed by atoms with E-state index >= 15 is 0 Å². The van der Waals surface area contributed by atoms with Crippen molar-refractivity contribution in [1.82, 2.24) is 15.1 Å². The Labute approximate surface area is 131 Å². The average molecular weight is 323 g/mol. The molecule has 2 atom stereocenters. The molecule has 2 saturated heterocycles. The van der Waals surface area contributed by atoms with E-state index in [1.54, 1.807) is 16.2 Å². The highest BCUT2D eigenvalue weighted by molar-refractivity contribution is 7.09. The maximum Gasteiger partial charge on any atom is 0.248 e. The van der Waals surface area contributed by atoms with E-state index in [0.29, 0.717) is 19.5 Å². The van der Waals surface area contributed by atoms with Crippen molar-refractivity contribution >= 4 is 29.1 Å². The lowest BCUT2D eigenvalue weighted by molar-refractivity contribution is -0.156. The fraction of sp³-hybridized carbons (Fsp3) is 0.500. The molecule has 3 heterocycles. The number of nitrogens with zero attached hydrogens (tertiary/aromatic N) is 2. The van der Waals surface area contributed by atoms with Crippen molar-refractivity contribution in [2.75, 3.05) is 26.2 Å². The molecule has 0 radical (unpaired) electrons. The number of rotatable bonds is 3. The Morgan fingerprint density at radius 2 is 2.23 bits per heavy atom. The third kappa shape index (κ3) is 2.71. The predicted octanol–water partition coefficient (Wildman–Crippen LogP) is -1.18. The van der Waals surface area contributed by atoms with Gasteiger partial charge in [-0.2, -0.15) is 0 Å². The van der Waals surface area contributed by atoms with E-state index in [0.717, 1.165) is 4.88 Å². The summed E-state index contributed by atoms with van der Waals surface area (Å²) in [7, 11) is 0. The van der Waals surface area contributed by atoms with Crippen molar-refractivity contribution in [1.29, 1.82) is 0 Å². The number of nitrogens with one attached hydrogen (secondary N) is 1. The van der Waals surface area contributed by atoms with Crippen molar-refractivity contribution < 1.29 is 19.5 Å². The first-order chi connectivity index (χ1) is 10.6. The molecule has 118 valence electrons. The molecule has 0 bridgehead atoms. The second kappa shape index (κ2) is 6.05. The zero-order valence-corrected chi connectivity index (χ0v) is 12.7. The van der Waals surface area contributed by atoms with Gasteiger partial charge in [0.2, 0.25) is 17.7 Å². The van der Waals surface area contributed by atoms with Crippen LogP contribution in [0, 0.1) is 0 Å². The molecule has 3 amide bonds. The van der Waals surface area contributed by atoms with Gasteiger partial charge in [-0.05, 0) is 11.4 Å². The number of fused-ring (bicyclic) bond motifs is 1. The largest absolute Gasteiger partial charge is 0.387 e. The summed E-state index contributed by atoms with van der Waals surface area (Å²) in [5.41, 5.74) is 0. The second-order valence-electron chi connectivity index (χ2n) is 5.39. The number of carbonyl (C=O) groups excluding carboxylic acids is 3. The first kappa shape index (κ1) is 15.0. The fourth-order valence-electron chi connectivity index (χ4n) is 2.90. The summed E-state index contributed by atoms with van der Waals surface area (Å²) in [6, 6.07) is 2.66. The standard InChI is InChI=1S/C14H17N3O4S/c18-8-12(19)16-3-4-17-11(7-16)13(20)15-10(14(17)21)6-9-2-1-5-22-9/h1-2,5,10-11,18H,3-4,6-8H2,(H,15,20)/t10-,11-/m0/s1. The predicted molar refractivity (Wildman–Crippen MR) is 79.1 cm³/mol. The van der Waals surface area contributed by atoms with Crippen molar-refractivity contribution in [2.24, 2.45) is 0 Å². The molecule has 0 aliphatic carbocycles. The summed E-state index contributed by atoms with van der Waals surface area (Å²) in [5.74, 6) is -0.758. The summed E-state index contributed by atoms with van der Waals surface area (Å²) in [5, 5.41) is 13.6. The highest BCUT2D eigenvalue weighted by atomic mass is 32.1. The van der Waals surface area contributed by atoms with Gasteiger partial charge in [-0.1, -0.05) is 6.07 Å². The van der Waals surface area contributed by atoms with Crippen LogP contribution in [-0.2, 0) is 20.8 Å². The van der Waals surface area contributed by atoms with Gasteiger partial charge in [0.1, 0.15) is 18.7 Å². The van der Waals surface area contributed by atoms with Gasteiger partial charge in [0.25, 0.3) is 0 Å². The first-order valence-electron chi connectivity index (χ1n) is 7.12. The van der Waals surface area contributed by atoms with Crippen molar-refractivity contribution in [2.45, 2.75) is 18.5 Å². The molecule has 2 fully saturated rings. The Hall–Kier alpha value is -1.93. The van der Waals surface area contributed by atoms with Crippen LogP contribution in [0.25, 0.3) is 0 Å². The fourth-order valence-corrected chi connectivity index (χ4v) is 3.65. The lowest BCUT2D eigenvalue weighted by Gasteiger charge is -2.45. The molecule has 7 nitrogen and oxygen atoms in total. The van der Waals surface area contributed by atoms with Gasteiger partial charge >= 0.3 is 0 Å². The van der Waals surface area contributed by atoms with Crippen LogP contribution in [0.3, 0.4) is 0 Å². The van der Waals surface area contributed by atoms with Crippen molar-refractivity contribution in [3.63, 3.8) is 0 Å². The Balaban J connectivity index is 1.71. The van der Waals surface area contributed by atoms with Crippen molar-refractivity contribution in [3.8, 4) is 0 Å². The molecule has 1 aromatic rings. The zero-order valence-electron chi connectivity index (χ0n) is 11.9. The van der Waals surface area contributed by atoms with E-state index in [-0.39, 0.29) is 18.4 Å². The zero-order chi connectivity index (χ0) is 15.7. The quantitative estimate of drug-likeness (QED) is 0.733. The van der Waals surface area contributed by atoms with Crippen LogP contribution in [0.4, 0.5) is 0 Å². The minimum absolute atomic E-state index is 0.103. The summed E-state index contributed by atoms with van der Waals surface area (Å²) in [6.45, 7) is 0.232. The number of hydrogen-bond acceptors (Lipinski definition) is 5. The van der Waals surface area contributed by atoms with Gasteiger partial charge in [-0.25, -0.2) is 0 Å². The van der Waals surface area contributed by atoms with Crippen LogP contribution < -0.4 is 5.32 Å². The lowest BCUT2D eigenvalue weighted by atomic mass is 10.0. The average Bonchev–Trinajstić information content (AvgIpc) is 3.04. The molecule has 2 N–H and O–H groups in total. The summed E-state index contributed by atoms with van der Waals surface area (Å²) >= 11 is 1.55. The number of thiophene rings is 1. The molecule has 0 saturated carbocycles. The van der Waals surface area contributed by atoms with Crippen LogP contribution in [0.1, 0.15) is 4.88 Å². The van der Waals surface area contributed by atoms with E-state index in [1.165, 1.54) is 4.90 Å². The third-order valence-corrected chi connectivity index (χ3v) is 4.95. The van der Waals surface area contributed by atoms with Crippen molar-refractivity contribution in [3.05, 3.63) is 22.4 Å². The topological polar surface area (TPSA) is 90.0 Å². The number of hydrogen-bond donors (Lipinski definition) is 2. The van der Waals surface area contributed by atoms with E-state index < -0.39 is 24.6 Å². The van der Waals surface area contributed by atoms with Crippen LogP contribution in [0.2, 0.25) is 0 Å². The summed E-state index contributed by atoms with van der Waals surface area (Å²) in [6.07, 6.45) is 0.491. The Morgan fingerprint density at radius 3 is 2.91 bits per heavy atom. The molecule has 22 heavy (non-hydrogen) atoms. The second-order valence-corrected chi connectivity index (χ2v) is 6.42. The minimum Gasteiger partial charge on any atom is -0.387 e. The first-order valence-corrected chi connectivity index (χ1v) is 8.00. The van der Waals surface area contributed by atoms with E-state index in [9.17, 15) is 14.4 Å². The Kier molecular flexibility index (Phi) is 4.12. The molecule has 0 unspecified atom stereocenters. The molecule has 1 aromatic heterocycles. The van der Waals surface area contributed by atoms with Crippen LogP contribution in [-0.4, -0.2) is 71.0 Å². The van der Waals surface area contributed by atoms with E-state index in [2.05, 4.69) is 5.32 Å². The number of aliphatic hydroxyl groups is 1. The summed E-state index contributed by atoms with van der Waals surface area (Å²) in [4.78, 5) is 40.4. The van der Waals surface area contributed by atoms with Crippen LogP contribution in [0.15, 0.2) is 17.5 Å².